The van der Waals surface area contributed by atoms with Crippen LogP contribution in [0.5, 0.6) is 5.75 Å². The lowest BCUT2D eigenvalue weighted by Crippen LogP contribution is -2.14. The number of para-hydroxylation sites is 1. The number of nitrogens with one attached hydrogen (secondary N) is 1. The zero-order valence-electron chi connectivity index (χ0n) is 17.9. The Morgan fingerprint density at radius 2 is 1.97 bits per heavy atom. The first kappa shape index (κ1) is 21.4. The lowest BCUT2D eigenvalue weighted by molar-refractivity contribution is -0.384. The minimum Gasteiger partial charge on any atom is -0.495 e. The predicted octanol–water partition coefficient (Wildman–Crippen LogP) is 4.43. The SMILES string of the molecule is COc1cc2c(cc1NC(=O)c1cc([N+](=O)[O-])ccc1Sc1nnnn1C)oc1ccccc12. The third-order valence-electron chi connectivity index (χ3n) is 5.15. The van der Waals surface area contributed by atoms with Crippen molar-refractivity contribution in [3.8, 4) is 5.75 Å². The Morgan fingerprint density at radius 3 is 2.71 bits per heavy atom. The van der Waals surface area contributed by atoms with Gasteiger partial charge in [0.15, 0.2) is 0 Å². The van der Waals surface area contributed by atoms with Crippen molar-refractivity contribution in [2.75, 3.05) is 12.4 Å². The fourth-order valence-electron chi connectivity index (χ4n) is 3.51. The van der Waals surface area contributed by atoms with Crippen LogP contribution < -0.4 is 10.1 Å². The summed E-state index contributed by atoms with van der Waals surface area (Å²) in [5, 5.41) is 27.6. The normalized spacial score (nSPS) is 11.1. The Morgan fingerprint density at radius 1 is 1.15 bits per heavy atom. The number of non-ortho nitro benzene ring substituents is 1. The Bertz CT molecular complexity index is 1580. The van der Waals surface area contributed by atoms with Gasteiger partial charge in [-0.2, -0.15) is 0 Å². The highest BCUT2D eigenvalue weighted by atomic mass is 32.2. The highest BCUT2D eigenvalue weighted by molar-refractivity contribution is 7.99. The van der Waals surface area contributed by atoms with Crippen molar-refractivity contribution >= 4 is 51.0 Å². The van der Waals surface area contributed by atoms with Crippen LogP contribution in [0.2, 0.25) is 0 Å². The molecule has 0 aliphatic rings. The quantitative estimate of drug-likeness (QED) is 0.278. The van der Waals surface area contributed by atoms with Gasteiger partial charge < -0.3 is 14.5 Å². The Kier molecular flexibility index (Phi) is 5.34. The number of aryl methyl sites for hydroxylation is 1. The minimum atomic E-state index is -0.560. The number of nitrogens with zero attached hydrogens (tertiary/aromatic N) is 5. The van der Waals surface area contributed by atoms with Crippen molar-refractivity contribution < 1.29 is 18.9 Å². The number of fused-ring (bicyclic) bond motifs is 3. The topological polar surface area (TPSA) is 138 Å². The van der Waals surface area contributed by atoms with Crippen LogP contribution in [-0.4, -0.2) is 38.1 Å². The minimum absolute atomic E-state index is 0.0916. The number of carbonyl (C=O) groups is 1. The van der Waals surface area contributed by atoms with Gasteiger partial charge in [0.2, 0.25) is 5.16 Å². The molecule has 0 fully saturated rings. The monoisotopic (exact) mass is 476 g/mol. The lowest BCUT2D eigenvalue weighted by atomic mass is 10.1. The van der Waals surface area contributed by atoms with Crippen molar-refractivity contribution in [1.29, 1.82) is 0 Å². The molecule has 0 bridgehead atoms. The summed E-state index contributed by atoms with van der Waals surface area (Å²) in [5.41, 5.74) is 1.51. The van der Waals surface area contributed by atoms with E-state index >= 15 is 0 Å². The summed E-state index contributed by atoms with van der Waals surface area (Å²) >= 11 is 1.12. The Balaban J connectivity index is 1.55. The number of methoxy groups -OCH3 is 1. The molecule has 5 aromatic rings. The van der Waals surface area contributed by atoms with Crippen LogP contribution in [0.3, 0.4) is 0 Å². The number of ether oxygens (including phenoxy) is 1. The van der Waals surface area contributed by atoms with E-state index in [2.05, 4.69) is 20.8 Å². The maximum Gasteiger partial charge on any atom is 0.270 e. The van der Waals surface area contributed by atoms with E-state index in [1.165, 1.54) is 30.0 Å². The maximum absolute atomic E-state index is 13.3. The highest BCUT2D eigenvalue weighted by Gasteiger charge is 2.21. The van der Waals surface area contributed by atoms with E-state index in [1.54, 1.807) is 19.2 Å². The number of amides is 1. The molecule has 2 heterocycles. The van der Waals surface area contributed by atoms with Gasteiger partial charge in [0.05, 0.1) is 23.3 Å². The number of furan rings is 1. The van der Waals surface area contributed by atoms with E-state index in [1.807, 2.05) is 24.3 Å². The van der Waals surface area contributed by atoms with Crippen molar-refractivity contribution in [2.45, 2.75) is 10.1 Å². The molecule has 0 saturated heterocycles. The smallest absolute Gasteiger partial charge is 0.270 e. The first-order valence-corrected chi connectivity index (χ1v) is 10.8. The molecule has 34 heavy (non-hydrogen) atoms. The van der Waals surface area contributed by atoms with Gasteiger partial charge in [-0.3, -0.25) is 14.9 Å². The molecule has 170 valence electrons. The number of carbonyl (C=O) groups excluding carboxylic acids is 1. The van der Waals surface area contributed by atoms with Gasteiger partial charge in [-0.25, -0.2) is 4.68 Å². The molecule has 12 heteroatoms. The van der Waals surface area contributed by atoms with Crippen molar-refractivity contribution in [3.63, 3.8) is 0 Å². The number of nitro benzene ring substituents is 1. The first-order chi connectivity index (χ1) is 16.4. The van der Waals surface area contributed by atoms with Crippen molar-refractivity contribution in [3.05, 3.63) is 70.3 Å². The van der Waals surface area contributed by atoms with Crippen molar-refractivity contribution in [2.24, 2.45) is 7.05 Å². The van der Waals surface area contributed by atoms with E-state index in [-0.39, 0.29) is 11.3 Å². The third kappa shape index (κ3) is 3.79. The summed E-state index contributed by atoms with van der Waals surface area (Å²) in [6.07, 6.45) is 0. The van der Waals surface area contributed by atoms with Gasteiger partial charge in [-0.15, -0.1) is 5.10 Å². The molecule has 1 N–H and O–H groups in total. The van der Waals surface area contributed by atoms with Crippen molar-refractivity contribution in [1.82, 2.24) is 20.2 Å². The Labute approximate surface area is 195 Å². The molecule has 0 aliphatic carbocycles. The number of aromatic nitrogens is 4. The second kappa shape index (κ2) is 8.48. The van der Waals surface area contributed by atoms with Crippen LogP contribution >= 0.6 is 11.8 Å². The zero-order valence-corrected chi connectivity index (χ0v) is 18.7. The number of hydrogen-bond donors (Lipinski definition) is 1. The molecule has 5 rings (SSSR count). The van der Waals surface area contributed by atoms with E-state index < -0.39 is 10.8 Å². The molecule has 0 spiro atoms. The molecular formula is C22H16N6O5S. The molecule has 3 aromatic carbocycles. The van der Waals surface area contributed by atoms with Gasteiger partial charge in [0.1, 0.15) is 16.9 Å². The summed E-state index contributed by atoms with van der Waals surface area (Å²) in [6.45, 7) is 0. The second-order valence-electron chi connectivity index (χ2n) is 7.23. The molecule has 0 aliphatic heterocycles. The second-order valence-corrected chi connectivity index (χ2v) is 8.23. The number of anilines is 1. The number of rotatable bonds is 6. The van der Waals surface area contributed by atoms with E-state index in [0.717, 1.165) is 22.5 Å². The maximum atomic E-state index is 13.3. The summed E-state index contributed by atoms with van der Waals surface area (Å²) in [6, 6.07) is 15.1. The standard InChI is InChI=1S/C22H16N6O5S/c1-27-22(24-25-26-27)34-20-8-7-12(28(30)31)9-15(20)21(29)23-16-11-18-14(10-19(16)32-2)13-5-3-4-6-17(13)33-18/h3-11H,1-2H3,(H,23,29). The molecule has 1 amide bonds. The number of benzene rings is 3. The molecule has 0 saturated carbocycles. The predicted molar refractivity (Wildman–Crippen MR) is 124 cm³/mol. The number of nitro groups is 1. The van der Waals surface area contributed by atoms with E-state index in [9.17, 15) is 14.9 Å². The summed E-state index contributed by atoms with van der Waals surface area (Å²) in [5.74, 6) is -0.139. The summed E-state index contributed by atoms with van der Waals surface area (Å²) in [7, 11) is 3.15. The van der Waals surface area contributed by atoms with Crippen LogP contribution in [0.1, 0.15) is 10.4 Å². The fraction of sp³-hybridized carbons (Fsp3) is 0.0909. The van der Waals surface area contributed by atoms with Crippen LogP contribution in [0.25, 0.3) is 21.9 Å². The molecule has 0 unspecified atom stereocenters. The van der Waals surface area contributed by atoms with Crippen LogP contribution in [-0.2, 0) is 7.05 Å². The average Bonchev–Trinajstić information content (AvgIpc) is 3.40. The average molecular weight is 476 g/mol. The van der Waals surface area contributed by atoms with E-state index in [4.69, 9.17) is 9.15 Å². The molecule has 0 atom stereocenters. The lowest BCUT2D eigenvalue weighted by Gasteiger charge is -2.12. The largest absolute Gasteiger partial charge is 0.495 e. The van der Waals surface area contributed by atoms with Gasteiger partial charge >= 0.3 is 0 Å². The van der Waals surface area contributed by atoms with Crippen LogP contribution in [0.4, 0.5) is 11.4 Å². The van der Waals surface area contributed by atoms with Gasteiger partial charge in [-0.1, -0.05) is 18.2 Å². The van der Waals surface area contributed by atoms with Gasteiger partial charge in [0, 0.05) is 40.9 Å². The Hall–Kier alpha value is -4.45. The summed E-state index contributed by atoms with van der Waals surface area (Å²) < 4.78 is 12.9. The van der Waals surface area contributed by atoms with Crippen LogP contribution in [0, 0.1) is 10.1 Å². The van der Waals surface area contributed by atoms with Gasteiger partial charge in [-0.05, 0) is 40.4 Å². The molecule has 2 aromatic heterocycles. The number of tetrazole rings is 1. The molecular weight excluding hydrogens is 460 g/mol. The molecule has 0 radical (unpaired) electrons. The highest BCUT2D eigenvalue weighted by Crippen LogP contribution is 2.37. The van der Waals surface area contributed by atoms with E-state index in [0.29, 0.717) is 32.7 Å². The summed E-state index contributed by atoms with van der Waals surface area (Å²) in [4.78, 5) is 24.5. The third-order valence-corrected chi connectivity index (χ3v) is 6.25. The van der Waals surface area contributed by atoms with Crippen LogP contribution in [0.15, 0.2) is 69.1 Å². The zero-order chi connectivity index (χ0) is 23.8. The van der Waals surface area contributed by atoms with Gasteiger partial charge in [0.25, 0.3) is 11.6 Å². The number of hydrogen-bond acceptors (Lipinski definition) is 9. The fourth-order valence-corrected chi connectivity index (χ4v) is 4.35. The molecule has 11 nitrogen and oxygen atoms in total. The first-order valence-electron chi connectivity index (χ1n) is 9.94.